The second-order valence-electron chi connectivity index (χ2n) is 8.82. The number of imidazole rings is 1. The van der Waals surface area contributed by atoms with Crippen LogP contribution in [-0.2, 0) is 11.3 Å². The van der Waals surface area contributed by atoms with Gasteiger partial charge in [0.2, 0.25) is 5.91 Å². The van der Waals surface area contributed by atoms with E-state index in [1.807, 2.05) is 59.5 Å². The van der Waals surface area contributed by atoms with Gasteiger partial charge in [0.1, 0.15) is 11.9 Å². The molecule has 0 radical (unpaired) electrons. The molecular weight excluding hydrogens is 429 g/mol. The molecule has 34 heavy (non-hydrogen) atoms. The molecule has 1 saturated heterocycles. The van der Waals surface area contributed by atoms with E-state index in [4.69, 9.17) is 0 Å². The summed E-state index contributed by atoms with van der Waals surface area (Å²) in [4.78, 5) is 29.3. The van der Waals surface area contributed by atoms with E-state index in [0.29, 0.717) is 30.6 Å². The first kappa shape index (κ1) is 21.9. The summed E-state index contributed by atoms with van der Waals surface area (Å²) in [5.74, 6) is -0.423. The number of halogens is 1. The maximum Gasteiger partial charge on any atom is 0.334 e. The van der Waals surface area contributed by atoms with Crippen molar-refractivity contribution in [1.29, 1.82) is 0 Å². The Morgan fingerprint density at radius 2 is 1.50 bits per heavy atom. The van der Waals surface area contributed by atoms with E-state index >= 15 is 0 Å². The third-order valence-corrected chi connectivity index (χ3v) is 6.58. The van der Waals surface area contributed by atoms with Crippen molar-refractivity contribution < 1.29 is 9.18 Å². The predicted molar refractivity (Wildman–Crippen MR) is 132 cm³/mol. The lowest BCUT2D eigenvalue weighted by atomic mass is 9.91. The quantitative estimate of drug-likeness (QED) is 0.397. The fourth-order valence-electron chi connectivity index (χ4n) is 5.02. The van der Waals surface area contributed by atoms with Gasteiger partial charge in [-0.1, -0.05) is 61.2 Å². The van der Waals surface area contributed by atoms with Crippen LogP contribution in [0.25, 0.3) is 16.7 Å². The highest BCUT2D eigenvalue weighted by molar-refractivity contribution is 5.86. The van der Waals surface area contributed by atoms with E-state index in [1.165, 1.54) is 12.1 Å². The van der Waals surface area contributed by atoms with Crippen molar-refractivity contribution in [3.63, 3.8) is 0 Å². The Kier molecular flexibility index (Phi) is 5.65. The molecule has 1 aliphatic rings. The number of fused-ring (bicyclic) bond motifs is 1. The molecule has 4 aromatic rings. The fourth-order valence-corrected chi connectivity index (χ4v) is 5.02. The summed E-state index contributed by atoms with van der Waals surface area (Å²) in [5, 5.41) is 0. The second-order valence-corrected chi connectivity index (χ2v) is 8.82. The molecule has 0 spiro atoms. The van der Waals surface area contributed by atoms with E-state index in [-0.39, 0.29) is 23.5 Å². The number of para-hydroxylation sites is 2. The van der Waals surface area contributed by atoms with Crippen LogP contribution in [0.3, 0.4) is 0 Å². The maximum atomic E-state index is 14.0. The molecule has 2 heterocycles. The number of carbonyl (C=O) groups excluding carboxylic acids is 1. The lowest BCUT2D eigenvalue weighted by Crippen LogP contribution is -2.45. The number of likely N-dealkylation sites (tertiary alicyclic amines) is 1. The third kappa shape index (κ3) is 3.75. The van der Waals surface area contributed by atoms with Crippen molar-refractivity contribution >= 4 is 22.6 Å². The van der Waals surface area contributed by atoms with Crippen LogP contribution in [0, 0.1) is 5.82 Å². The Bertz CT molecular complexity index is 1420. The summed E-state index contributed by atoms with van der Waals surface area (Å²) in [7, 11) is 0. The number of nitrogens with zero attached hydrogens (tertiary/aromatic N) is 3. The first-order valence-electron chi connectivity index (χ1n) is 11.4. The van der Waals surface area contributed by atoms with E-state index in [0.717, 1.165) is 16.6 Å². The number of hydrogen-bond acceptors (Lipinski definition) is 2. The highest BCUT2D eigenvalue weighted by Gasteiger charge is 2.39. The van der Waals surface area contributed by atoms with Crippen LogP contribution in [0.4, 0.5) is 4.39 Å². The minimum atomic E-state index is -0.626. The second kappa shape index (κ2) is 8.78. The molecule has 5 nitrogen and oxygen atoms in total. The molecule has 5 rings (SSSR count). The van der Waals surface area contributed by atoms with E-state index in [9.17, 15) is 14.0 Å². The summed E-state index contributed by atoms with van der Waals surface area (Å²) < 4.78 is 16.8. The molecule has 0 aliphatic carbocycles. The standard InChI is InChI=1S/C28H26FN3O2/c1-19(2)31-24-10-6-7-11-25(24)32(28(31)34)26-17-16-23(21-12-14-22(29)15-13-21)30(27(26)33)18-20-8-4-3-5-9-20/h3-15,23,26H,1,16-18H2,2H3/t23-,26-/m0/s1. The molecule has 0 N–H and O–H groups in total. The van der Waals surface area contributed by atoms with Gasteiger partial charge in [-0.15, -0.1) is 0 Å². The molecule has 2 atom stereocenters. The van der Waals surface area contributed by atoms with E-state index < -0.39 is 6.04 Å². The number of allylic oxidation sites excluding steroid dienone is 1. The Morgan fingerprint density at radius 1 is 0.882 bits per heavy atom. The van der Waals surface area contributed by atoms with Crippen molar-refractivity contribution in [1.82, 2.24) is 14.0 Å². The predicted octanol–water partition coefficient (Wildman–Crippen LogP) is 5.54. The molecule has 0 bridgehead atoms. The number of rotatable bonds is 5. The minimum Gasteiger partial charge on any atom is -0.330 e. The molecule has 1 amide bonds. The number of hydrogen-bond donors (Lipinski definition) is 0. The summed E-state index contributed by atoms with van der Waals surface area (Å²) in [6.45, 7) is 6.16. The van der Waals surface area contributed by atoms with Crippen LogP contribution < -0.4 is 5.69 Å². The van der Waals surface area contributed by atoms with E-state index in [1.54, 1.807) is 28.2 Å². The summed E-state index contributed by atoms with van der Waals surface area (Å²) in [5.41, 5.74) is 3.69. The van der Waals surface area contributed by atoms with Crippen molar-refractivity contribution in [2.45, 2.75) is 38.4 Å². The third-order valence-electron chi connectivity index (χ3n) is 6.58. The lowest BCUT2D eigenvalue weighted by Gasteiger charge is -2.40. The van der Waals surface area contributed by atoms with Crippen LogP contribution in [0.15, 0.2) is 90.2 Å². The molecule has 0 unspecified atom stereocenters. The number of amides is 1. The molecule has 1 aromatic heterocycles. The van der Waals surface area contributed by atoms with Crippen molar-refractivity contribution in [2.75, 3.05) is 0 Å². The first-order chi connectivity index (χ1) is 16.5. The SMILES string of the molecule is C=C(C)n1c(=O)n([C@H]2CC[C@@H](c3ccc(F)cc3)N(Cc3ccccc3)C2=O)c2ccccc21. The number of carbonyl (C=O) groups is 1. The van der Waals surface area contributed by atoms with Gasteiger partial charge in [-0.05, 0) is 55.2 Å². The monoisotopic (exact) mass is 455 g/mol. The van der Waals surface area contributed by atoms with Gasteiger partial charge < -0.3 is 4.90 Å². The lowest BCUT2D eigenvalue weighted by molar-refractivity contribution is -0.142. The van der Waals surface area contributed by atoms with Crippen LogP contribution in [0.5, 0.6) is 0 Å². The molecule has 172 valence electrons. The Labute approximate surface area is 197 Å². The van der Waals surface area contributed by atoms with Crippen molar-refractivity contribution in [3.05, 3.63) is 113 Å². The average Bonchev–Trinajstić information content (AvgIpc) is 3.13. The van der Waals surface area contributed by atoms with Gasteiger partial charge in [0, 0.05) is 12.2 Å². The summed E-state index contributed by atoms with van der Waals surface area (Å²) >= 11 is 0. The van der Waals surface area contributed by atoms with Gasteiger partial charge >= 0.3 is 5.69 Å². The van der Waals surface area contributed by atoms with Gasteiger partial charge in [0.15, 0.2) is 0 Å². The largest absolute Gasteiger partial charge is 0.334 e. The number of piperidine rings is 1. The van der Waals surface area contributed by atoms with Crippen molar-refractivity contribution in [3.8, 4) is 0 Å². The highest BCUT2D eigenvalue weighted by Crippen LogP contribution is 2.38. The zero-order chi connectivity index (χ0) is 23.8. The maximum absolute atomic E-state index is 14.0. The van der Waals surface area contributed by atoms with Crippen molar-refractivity contribution in [2.24, 2.45) is 0 Å². The van der Waals surface area contributed by atoms with Gasteiger partial charge in [-0.25, -0.2) is 9.18 Å². The van der Waals surface area contributed by atoms with Gasteiger partial charge in [-0.2, -0.15) is 0 Å². The van der Waals surface area contributed by atoms with Crippen LogP contribution in [-0.4, -0.2) is 19.9 Å². The summed E-state index contributed by atoms with van der Waals surface area (Å²) in [6, 6.07) is 22.8. The zero-order valence-electron chi connectivity index (χ0n) is 19.0. The molecule has 1 aliphatic heterocycles. The van der Waals surface area contributed by atoms with Gasteiger partial charge in [-0.3, -0.25) is 13.9 Å². The first-order valence-corrected chi connectivity index (χ1v) is 11.4. The molecule has 0 saturated carbocycles. The Balaban J connectivity index is 1.60. The topological polar surface area (TPSA) is 47.2 Å². The van der Waals surface area contributed by atoms with Gasteiger partial charge in [0.25, 0.3) is 0 Å². The van der Waals surface area contributed by atoms with Gasteiger partial charge in [0.05, 0.1) is 17.1 Å². The van der Waals surface area contributed by atoms with Crippen LogP contribution in [0.1, 0.15) is 43.0 Å². The number of aromatic nitrogens is 2. The zero-order valence-corrected chi connectivity index (χ0v) is 19.0. The minimum absolute atomic E-state index is 0.115. The molecule has 3 aromatic carbocycles. The highest BCUT2D eigenvalue weighted by atomic mass is 19.1. The fraction of sp³-hybridized carbons (Fsp3) is 0.214. The Morgan fingerprint density at radius 3 is 2.18 bits per heavy atom. The van der Waals surface area contributed by atoms with Crippen LogP contribution in [0.2, 0.25) is 0 Å². The summed E-state index contributed by atoms with van der Waals surface area (Å²) in [6.07, 6.45) is 1.17. The van der Waals surface area contributed by atoms with E-state index in [2.05, 4.69) is 6.58 Å². The normalized spacial score (nSPS) is 18.4. The van der Waals surface area contributed by atoms with Crippen LogP contribution >= 0.6 is 0 Å². The molecule has 6 heteroatoms. The molecule has 1 fully saturated rings. The molecular formula is C28H26FN3O2. The Hall–Kier alpha value is -3.93. The smallest absolute Gasteiger partial charge is 0.330 e. The number of benzene rings is 3. The average molecular weight is 456 g/mol.